The van der Waals surface area contributed by atoms with E-state index in [2.05, 4.69) is 33.8 Å². The summed E-state index contributed by atoms with van der Waals surface area (Å²) < 4.78 is 13.2. The van der Waals surface area contributed by atoms with Gasteiger partial charge in [0.05, 0.1) is 17.6 Å². The first-order valence-electron chi connectivity index (χ1n) is 11.4. The summed E-state index contributed by atoms with van der Waals surface area (Å²) in [6.45, 7) is 13.7. The molecule has 156 valence electrons. The summed E-state index contributed by atoms with van der Waals surface area (Å²) in [5.74, 6) is 2.19. The Labute approximate surface area is 171 Å². The predicted molar refractivity (Wildman–Crippen MR) is 114 cm³/mol. The van der Waals surface area contributed by atoms with Crippen LogP contribution in [0, 0.1) is 18.8 Å². The quantitative estimate of drug-likeness (QED) is 0.601. The van der Waals surface area contributed by atoms with Gasteiger partial charge in [0.25, 0.3) is 0 Å². The number of Topliss-reactive ketones (excluding diaryl/α,β-unsaturated/α-hetero) is 1. The number of hydrogen-bond donors (Lipinski definition) is 0. The van der Waals surface area contributed by atoms with Crippen LogP contribution in [-0.2, 0) is 14.9 Å². The molecule has 3 aliphatic rings. The molecule has 1 aromatic rings. The summed E-state index contributed by atoms with van der Waals surface area (Å²) >= 11 is 0. The van der Waals surface area contributed by atoms with Crippen LogP contribution < -0.4 is 4.74 Å². The molecular formula is C25H38O3. The van der Waals surface area contributed by atoms with Gasteiger partial charge >= 0.3 is 0 Å². The fraction of sp³-hybridized carbons (Fsp3) is 0.720. The van der Waals surface area contributed by atoms with E-state index in [1.165, 1.54) is 24.0 Å². The molecule has 0 spiro atoms. The topological polar surface area (TPSA) is 35.5 Å². The van der Waals surface area contributed by atoms with Gasteiger partial charge in [-0.05, 0) is 56.1 Å². The number of carbonyl (C=O) groups is 1. The molecule has 0 bridgehead atoms. The first kappa shape index (κ1) is 21.4. The SMILES string of the molecule is CC.CCCC12c3c(C)cccc3O[C@H]1C(=O)CCC2(OCC1CC1)C(C)C. The largest absolute Gasteiger partial charge is 0.481 e. The van der Waals surface area contributed by atoms with Crippen LogP contribution in [-0.4, -0.2) is 24.1 Å². The van der Waals surface area contributed by atoms with E-state index in [1.54, 1.807) is 0 Å². The van der Waals surface area contributed by atoms with Crippen LogP contribution in [0.2, 0.25) is 0 Å². The van der Waals surface area contributed by atoms with Gasteiger partial charge in [0, 0.05) is 12.0 Å². The number of ketones is 1. The lowest BCUT2D eigenvalue weighted by molar-refractivity contribution is -0.183. The molecule has 1 aliphatic heterocycles. The molecule has 3 nitrogen and oxygen atoms in total. The molecule has 1 aromatic carbocycles. The van der Waals surface area contributed by atoms with Crippen molar-refractivity contribution >= 4 is 5.78 Å². The van der Waals surface area contributed by atoms with Gasteiger partial charge in [0.2, 0.25) is 0 Å². The van der Waals surface area contributed by atoms with Gasteiger partial charge in [0.15, 0.2) is 11.9 Å². The molecule has 0 amide bonds. The molecule has 2 saturated carbocycles. The molecule has 2 fully saturated rings. The maximum absolute atomic E-state index is 13.0. The number of benzene rings is 1. The second-order valence-electron chi connectivity index (χ2n) is 8.93. The van der Waals surface area contributed by atoms with E-state index in [4.69, 9.17) is 9.47 Å². The van der Waals surface area contributed by atoms with Crippen molar-refractivity contribution in [2.24, 2.45) is 11.8 Å². The lowest BCUT2D eigenvalue weighted by Crippen LogP contribution is -2.66. The Hall–Kier alpha value is -1.35. The molecule has 0 radical (unpaired) electrons. The zero-order valence-electron chi connectivity index (χ0n) is 18.6. The van der Waals surface area contributed by atoms with Crippen LogP contribution in [0.25, 0.3) is 0 Å². The molecule has 0 N–H and O–H groups in total. The summed E-state index contributed by atoms with van der Waals surface area (Å²) in [5.41, 5.74) is 1.78. The maximum Gasteiger partial charge on any atom is 0.174 e. The van der Waals surface area contributed by atoms with Gasteiger partial charge in [-0.2, -0.15) is 0 Å². The van der Waals surface area contributed by atoms with Crippen molar-refractivity contribution in [1.82, 2.24) is 0 Å². The van der Waals surface area contributed by atoms with E-state index >= 15 is 0 Å². The van der Waals surface area contributed by atoms with Crippen molar-refractivity contribution in [2.75, 3.05) is 6.61 Å². The number of ether oxygens (including phenoxy) is 2. The van der Waals surface area contributed by atoms with Crippen LogP contribution >= 0.6 is 0 Å². The first-order chi connectivity index (χ1) is 13.5. The highest BCUT2D eigenvalue weighted by atomic mass is 16.5. The Bertz CT molecular complexity index is 706. The van der Waals surface area contributed by atoms with E-state index in [-0.39, 0.29) is 16.8 Å². The minimum Gasteiger partial charge on any atom is -0.481 e. The van der Waals surface area contributed by atoms with Crippen molar-refractivity contribution < 1.29 is 14.3 Å². The molecular weight excluding hydrogens is 348 g/mol. The van der Waals surface area contributed by atoms with Crippen molar-refractivity contribution in [3.63, 3.8) is 0 Å². The maximum atomic E-state index is 13.0. The summed E-state index contributed by atoms with van der Waals surface area (Å²) in [7, 11) is 0. The molecule has 1 heterocycles. The third-order valence-corrected chi connectivity index (χ3v) is 7.01. The molecule has 28 heavy (non-hydrogen) atoms. The van der Waals surface area contributed by atoms with Gasteiger partial charge in [-0.3, -0.25) is 4.79 Å². The summed E-state index contributed by atoms with van der Waals surface area (Å²) in [6.07, 6.45) is 5.49. The van der Waals surface area contributed by atoms with E-state index in [0.717, 1.165) is 31.6 Å². The molecule has 0 saturated heterocycles. The average Bonchev–Trinajstić information content (AvgIpc) is 3.44. The van der Waals surface area contributed by atoms with E-state index in [0.29, 0.717) is 18.3 Å². The third-order valence-electron chi connectivity index (χ3n) is 7.01. The number of fused-ring (bicyclic) bond motifs is 3. The normalized spacial score (nSPS) is 31.0. The van der Waals surface area contributed by atoms with Crippen LogP contribution in [0.3, 0.4) is 0 Å². The lowest BCUT2D eigenvalue weighted by atomic mass is 9.53. The fourth-order valence-electron chi connectivity index (χ4n) is 5.69. The minimum absolute atomic E-state index is 0.250. The number of aryl methyl sites for hydroxylation is 1. The predicted octanol–water partition coefficient (Wildman–Crippen LogP) is 6.00. The lowest BCUT2D eigenvalue weighted by Gasteiger charge is -2.55. The highest BCUT2D eigenvalue weighted by Gasteiger charge is 2.68. The van der Waals surface area contributed by atoms with Gasteiger partial charge < -0.3 is 9.47 Å². The number of carbonyl (C=O) groups excluding carboxylic acids is 1. The third kappa shape index (κ3) is 3.10. The van der Waals surface area contributed by atoms with E-state index in [9.17, 15) is 4.79 Å². The zero-order valence-corrected chi connectivity index (χ0v) is 18.6. The minimum atomic E-state index is -0.395. The van der Waals surface area contributed by atoms with E-state index < -0.39 is 6.10 Å². The molecule has 2 aliphatic carbocycles. The van der Waals surface area contributed by atoms with Crippen molar-refractivity contribution in [1.29, 1.82) is 0 Å². The molecule has 2 unspecified atom stereocenters. The van der Waals surface area contributed by atoms with E-state index in [1.807, 2.05) is 26.0 Å². The Morgan fingerprint density at radius 2 is 1.96 bits per heavy atom. The highest BCUT2D eigenvalue weighted by molar-refractivity contribution is 5.89. The van der Waals surface area contributed by atoms with Crippen molar-refractivity contribution in [3.8, 4) is 5.75 Å². The summed E-state index contributed by atoms with van der Waals surface area (Å²) in [5, 5.41) is 0. The van der Waals surface area contributed by atoms with Crippen molar-refractivity contribution in [3.05, 3.63) is 29.3 Å². The second kappa shape index (κ2) is 8.18. The first-order valence-corrected chi connectivity index (χ1v) is 11.4. The smallest absolute Gasteiger partial charge is 0.174 e. The zero-order chi connectivity index (χ0) is 20.5. The monoisotopic (exact) mass is 386 g/mol. The van der Waals surface area contributed by atoms with Crippen LogP contribution in [0.4, 0.5) is 0 Å². The number of rotatable bonds is 6. The molecule has 4 rings (SSSR count). The Morgan fingerprint density at radius 1 is 1.25 bits per heavy atom. The van der Waals surface area contributed by atoms with Gasteiger partial charge in [-0.25, -0.2) is 0 Å². The Kier molecular flexibility index (Phi) is 6.24. The molecule has 3 heteroatoms. The Balaban J connectivity index is 0.00000109. The molecule has 3 atom stereocenters. The molecule has 0 aromatic heterocycles. The second-order valence-corrected chi connectivity index (χ2v) is 8.93. The van der Waals surface area contributed by atoms with Gasteiger partial charge in [-0.15, -0.1) is 0 Å². The van der Waals surface area contributed by atoms with Gasteiger partial charge in [-0.1, -0.05) is 53.2 Å². The Morgan fingerprint density at radius 3 is 2.57 bits per heavy atom. The average molecular weight is 387 g/mol. The highest BCUT2D eigenvalue weighted by Crippen LogP contribution is 2.61. The van der Waals surface area contributed by atoms with Crippen LogP contribution in [0.1, 0.15) is 84.3 Å². The standard InChI is InChI=1S/C23H32O3.C2H6/c1-5-12-22-20-16(4)7-6-8-19(20)26-21(22)18(24)11-13-23(22,15(2)3)25-14-17-9-10-17;1-2/h6-8,15,17,21H,5,9-14H2,1-4H3;1-2H3/t21-,22?,23?;/m0./s1. The number of hydrogen-bond acceptors (Lipinski definition) is 3. The summed E-state index contributed by atoms with van der Waals surface area (Å²) in [6, 6.07) is 6.24. The van der Waals surface area contributed by atoms with Crippen LogP contribution in [0.15, 0.2) is 18.2 Å². The van der Waals surface area contributed by atoms with Gasteiger partial charge in [0.1, 0.15) is 5.75 Å². The fourth-order valence-corrected chi connectivity index (χ4v) is 5.69. The summed E-state index contributed by atoms with van der Waals surface area (Å²) in [4.78, 5) is 13.0. The van der Waals surface area contributed by atoms with Crippen LogP contribution in [0.5, 0.6) is 5.75 Å². The van der Waals surface area contributed by atoms with Crippen molar-refractivity contribution in [2.45, 2.75) is 97.2 Å².